The van der Waals surface area contributed by atoms with Crippen LogP contribution in [0.2, 0.25) is 0 Å². The molecule has 0 saturated carbocycles. The summed E-state index contributed by atoms with van der Waals surface area (Å²) in [6, 6.07) is 8.95. The van der Waals surface area contributed by atoms with Gasteiger partial charge in [0.05, 0.1) is 7.11 Å². The quantitative estimate of drug-likeness (QED) is 0.787. The Morgan fingerprint density at radius 3 is 2.36 bits per heavy atom. The highest BCUT2D eigenvalue weighted by Crippen LogP contribution is 2.31. The number of methoxy groups -OCH3 is 1. The third-order valence-corrected chi connectivity index (χ3v) is 3.27. The van der Waals surface area contributed by atoms with E-state index in [0.717, 1.165) is 11.1 Å². The summed E-state index contributed by atoms with van der Waals surface area (Å²) in [6.07, 6.45) is 1.54. The first-order valence-electron chi connectivity index (χ1n) is 7.17. The van der Waals surface area contributed by atoms with E-state index < -0.39 is 23.7 Å². The van der Waals surface area contributed by atoms with Gasteiger partial charge in [0.2, 0.25) is 0 Å². The van der Waals surface area contributed by atoms with Gasteiger partial charge in [0.15, 0.2) is 0 Å². The van der Waals surface area contributed by atoms with Crippen LogP contribution in [0, 0.1) is 0 Å². The molecule has 1 atom stereocenters. The van der Waals surface area contributed by atoms with Crippen molar-refractivity contribution >= 4 is 17.6 Å². The molecule has 0 saturated heterocycles. The molecule has 22 heavy (non-hydrogen) atoms. The molecule has 0 spiro atoms. The van der Waals surface area contributed by atoms with Gasteiger partial charge in [-0.3, -0.25) is 4.90 Å². The van der Waals surface area contributed by atoms with Crippen molar-refractivity contribution in [1.29, 1.82) is 0 Å². The maximum atomic E-state index is 12.3. The van der Waals surface area contributed by atoms with Crippen LogP contribution in [0.1, 0.15) is 32.8 Å². The minimum Gasteiger partial charge on any atom is -0.467 e. The van der Waals surface area contributed by atoms with Crippen LogP contribution in [0.25, 0.3) is 5.57 Å². The fraction of sp³-hybridized carbons (Fsp3) is 0.412. The number of ether oxygens (including phenoxy) is 2. The monoisotopic (exact) mass is 303 g/mol. The van der Waals surface area contributed by atoms with Gasteiger partial charge in [0, 0.05) is 12.6 Å². The summed E-state index contributed by atoms with van der Waals surface area (Å²) in [6.45, 7) is 5.36. The molecular weight excluding hydrogens is 282 g/mol. The van der Waals surface area contributed by atoms with Gasteiger partial charge in [-0.2, -0.15) is 0 Å². The molecule has 1 heterocycles. The standard InChI is InChI=1S/C17H21NO4/c1-17(2,3)22-16(20)18-11-13(10-14(18)15(19)21-4)12-8-6-5-7-9-12/h5-9,11,14H,10H2,1-4H3/t14-/m0/s1. The Kier molecular flexibility index (Phi) is 4.54. The first-order chi connectivity index (χ1) is 10.3. The molecular formula is C17H21NO4. The van der Waals surface area contributed by atoms with E-state index in [9.17, 15) is 9.59 Å². The maximum absolute atomic E-state index is 12.3. The summed E-state index contributed by atoms with van der Waals surface area (Å²) < 4.78 is 10.2. The third kappa shape index (κ3) is 3.67. The van der Waals surface area contributed by atoms with E-state index >= 15 is 0 Å². The van der Waals surface area contributed by atoms with Crippen LogP contribution in [0.3, 0.4) is 0 Å². The summed E-state index contributed by atoms with van der Waals surface area (Å²) in [5.74, 6) is -0.451. The van der Waals surface area contributed by atoms with Gasteiger partial charge in [0.1, 0.15) is 11.6 Å². The van der Waals surface area contributed by atoms with Crippen molar-refractivity contribution < 1.29 is 19.1 Å². The molecule has 2 rings (SSSR count). The Bertz CT molecular complexity index is 586. The highest BCUT2D eigenvalue weighted by Gasteiger charge is 2.37. The molecule has 0 N–H and O–H groups in total. The zero-order valence-corrected chi connectivity index (χ0v) is 13.3. The zero-order valence-electron chi connectivity index (χ0n) is 13.3. The van der Waals surface area contributed by atoms with Crippen molar-refractivity contribution in [2.24, 2.45) is 0 Å². The number of hydrogen-bond donors (Lipinski definition) is 0. The van der Waals surface area contributed by atoms with Gasteiger partial charge in [-0.15, -0.1) is 0 Å². The fourth-order valence-corrected chi connectivity index (χ4v) is 2.29. The normalized spacial score (nSPS) is 17.9. The van der Waals surface area contributed by atoms with Crippen molar-refractivity contribution in [3.63, 3.8) is 0 Å². The molecule has 1 aliphatic heterocycles. The fourth-order valence-electron chi connectivity index (χ4n) is 2.29. The second kappa shape index (κ2) is 6.22. The van der Waals surface area contributed by atoms with Gasteiger partial charge >= 0.3 is 12.1 Å². The van der Waals surface area contributed by atoms with Crippen LogP contribution in [0.4, 0.5) is 4.79 Å². The van der Waals surface area contributed by atoms with Gasteiger partial charge in [0.25, 0.3) is 0 Å². The van der Waals surface area contributed by atoms with Crippen molar-refractivity contribution in [3.05, 3.63) is 42.1 Å². The van der Waals surface area contributed by atoms with Crippen molar-refractivity contribution in [2.75, 3.05) is 7.11 Å². The van der Waals surface area contributed by atoms with E-state index in [2.05, 4.69) is 0 Å². The molecule has 1 aliphatic rings. The Morgan fingerprint density at radius 2 is 1.82 bits per heavy atom. The summed E-state index contributed by atoms with van der Waals surface area (Å²) in [5.41, 5.74) is 1.26. The lowest BCUT2D eigenvalue weighted by Gasteiger charge is -2.26. The Hall–Kier alpha value is -2.30. The van der Waals surface area contributed by atoms with E-state index in [1.165, 1.54) is 12.0 Å². The van der Waals surface area contributed by atoms with Crippen molar-refractivity contribution in [1.82, 2.24) is 4.90 Å². The Morgan fingerprint density at radius 1 is 1.18 bits per heavy atom. The minimum absolute atomic E-state index is 0.413. The van der Waals surface area contributed by atoms with Crippen molar-refractivity contribution in [3.8, 4) is 0 Å². The zero-order chi connectivity index (χ0) is 16.3. The van der Waals surface area contributed by atoms with Gasteiger partial charge in [-0.05, 0) is 31.9 Å². The number of nitrogens with zero attached hydrogens (tertiary/aromatic N) is 1. The largest absolute Gasteiger partial charge is 0.467 e. The molecule has 0 aromatic heterocycles. The van der Waals surface area contributed by atoms with Crippen LogP contribution in [0.15, 0.2) is 36.5 Å². The van der Waals surface area contributed by atoms with Crippen LogP contribution in [-0.2, 0) is 14.3 Å². The molecule has 0 fully saturated rings. The van der Waals surface area contributed by atoms with E-state index in [-0.39, 0.29) is 0 Å². The number of hydrogen-bond acceptors (Lipinski definition) is 4. The van der Waals surface area contributed by atoms with Crippen LogP contribution in [0.5, 0.6) is 0 Å². The van der Waals surface area contributed by atoms with E-state index in [1.807, 2.05) is 30.3 Å². The maximum Gasteiger partial charge on any atom is 0.415 e. The molecule has 1 amide bonds. The highest BCUT2D eigenvalue weighted by atomic mass is 16.6. The second-order valence-electron chi connectivity index (χ2n) is 6.15. The molecule has 5 nitrogen and oxygen atoms in total. The SMILES string of the molecule is COC(=O)[C@@H]1CC(c2ccccc2)=CN1C(=O)OC(C)(C)C. The number of carbonyl (C=O) groups is 2. The predicted molar refractivity (Wildman–Crippen MR) is 82.9 cm³/mol. The third-order valence-electron chi connectivity index (χ3n) is 3.27. The molecule has 1 aromatic rings. The van der Waals surface area contributed by atoms with E-state index in [4.69, 9.17) is 9.47 Å². The van der Waals surface area contributed by atoms with Crippen molar-refractivity contribution in [2.45, 2.75) is 38.8 Å². The molecule has 0 radical (unpaired) electrons. The molecule has 0 unspecified atom stereocenters. The molecule has 0 aliphatic carbocycles. The van der Waals surface area contributed by atoms with Crippen LogP contribution < -0.4 is 0 Å². The topological polar surface area (TPSA) is 55.8 Å². The number of esters is 1. The average molecular weight is 303 g/mol. The molecule has 0 bridgehead atoms. The summed E-state index contributed by atoms with van der Waals surface area (Å²) >= 11 is 0. The first-order valence-corrected chi connectivity index (χ1v) is 7.17. The predicted octanol–water partition coefficient (Wildman–Crippen LogP) is 3.21. The summed E-state index contributed by atoms with van der Waals surface area (Å²) in [7, 11) is 1.32. The van der Waals surface area contributed by atoms with Crippen LogP contribution >= 0.6 is 0 Å². The smallest absolute Gasteiger partial charge is 0.415 e. The molecule has 1 aromatic carbocycles. The minimum atomic E-state index is -0.685. The number of carbonyl (C=O) groups excluding carboxylic acids is 2. The lowest BCUT2D eigenvalue weighted by molar-refractivity contribution is -0.145. The second-order valence-corrected chi connectivity index (χ2v) is 6.15. The molecule has 118 valence electrons. The number of benzene rings is 1. The first kappa shape index (κ1) is 16.1. The summed E-state index contributed by atoms with van der Waals surface area (Å²) in [5, 5.41) is 0. The Labute approximate surface area is 130 Å². The number of amides is 1. The lowest BCUT2D eigenvalue weighted by atomic mass is 10.0. The molecule has 5 heteroatoms. The lowest BCUT2D eigenvalue weighted by Crippen LogP contribution is -2.42. The van der Waals surface area contributed by atoms with Gasteiger partial charge in [-0.1, -0.05) is 30.3 Å². The Balaban J connectivity index is 2.27. The van der Waals surface area contributed by atoms with Gasteiger partial charge < -0.3 is 9.47 Å². The highest BCUT2D eigenvalue weighted by molar-refractivity contribution is 5.88. The van der Waals surface area contributed by atoms with E-state index in [1.54, 1.807) is 27.0 Å². The van der Waals surface area contributed by atoms with Gasteiger partial charge in [-0.25, -0.2) is 9.59 Å². The van der Waals surface area contributed by atoms with Crippen LogP contribution in [-0.4, -0.2) is 35.7 Å². The number of rotatable bonds is 2. The summed E-state index contributed by atoms with van der Waals surface area (Å²) in [4.78, 5) is 25.6. The van der Waals surface area contributed by atoms with E-state index in [0.29, 0.717) is 6.42 Å². The average Bonchev–Trinajstić information content (AvgIpc) is 2.91.